The lowest BCUT2D eigenvalue weighted by Gasteiger charge is -2.24. The molecule has 0 saturated carbocycles. The minimum Gasteiger partial charge on any atom is -0.444 e. The number of carbonyl (C=O) groups excluding carboxylic acids is 1. The van der Waals surface area contributed by atoms with Crippen molar-refractivity contribution in [1.29, 1.82) is 0 Å². The van der Waals surface area contributed by atoms with Gasteiger partial charge in [0.05, 0.1) is 45.1 Å². The highest BCUT2D eigenvalue weighted by Crippen LogP contribution is 2.25. The zero-order valence-corrected chi connectivity index (χ0v) is 25.1. The van der Waals surface area contributed by atoms with Crippen LogP contribution in [-0.4, -0.2) is 89.6 Å². The van der Waals surface area contributed by atoms with E-state index in [1.165, 1.54) is 38.8 Å². The van der Waals surface area contributed by atoms with Crippen LogP contribution in [0.3, 0.4) is 0 Å². The van der Waals surface area contributed by atoms with Gasteiger partial charge in [-0.3, -0.25) is 14.3 Å². The number of halogens is 1. The molecule has 0 saturated heterocycles. The summed E-state index contributed by atoms with van der Waals surface area (Å²) in [5.41, 5.74) is 0.605. The maximum absolute atomic E-state index is 12.7. The molecule has 18 heteroatoms. The fraction of sp³-hybridized carbons (Fsp3) is 0.545. The molecule has 222 valence electrons. The molecule has 0 atom stereocenters. The van der Waals surface area contributed by atoms with E-state index in [4.69, 9.17) is 24.9 Å². The Labute approximate surface area is 237 Å². The average Bonchev–Trinajstić information content (AvgIpc) is 3.63. The number of rotatable bonds is 9. The number of methoxy groups -OCH3 is 2. The van der Waals surface area contributed by atoms with Crippen molar-refractivity contribution in [3.63, 3.8) is 0 Å². The van der Waals surface area contributed by atoms with Gasteiger partial charge in [-0.05, 0) is 32.9 Å². The van der Waals surface area contributed by atoms with Gasteiger partial charge in [0.1, 0.15) is 5.60 Å². The van der Waals surface area contributed by atoms with Crippen molar-refractivity contribution in [2.75, 3.05) is 27.4 Å². The molecular formula is C22H32ClN7O8S2. The Balaban J connectivity index is 0.000000285. The third-order valence-electron chi connectivity index (χ3n) is 5.25. The molecule has 15 nitrogen and oxygen atoms in total. The van der Waals surface area contributed by atoms with Gasteiger partial charge in [-0.2, -0.15) is 27.8 Å². The van der Waals surface area contributed by atoms with Crippen LogP contribution in [0.2, 0.25) is 0 Å². The van der Waals surface area contributed by atoms with Gasteiger partial charge in [0.15, 0.2) is 10.1 Å². The van der Waals surface area contributed by atoms with E-state index in [-0.39, 0.29) is 23.1 Å². The smallest absolute Gasteiger partial charge is 0.410 e. The second-order valence-corrected chi connectivity index (χ2v) is 13.8. The predicted molar refractivity (Wildman–Crippen MR) is 142 cm³/mol. The molecule has 1 aliphatic rings. The number of aromatic nitrogens is 6. The molecule has 0 radical (unpaired) electrons. The summed E-state index contributed by atoms with van der Waals surface area (Å²) in [6.07, 6.45) is 4.08. The van der Waals surface area contributed by atoms with Crippen molar-refractivity contribution < 1.29 is 35.8 Å². The Morgan fingerprint density at radius 2 is 1.48 bits per heavy atom. The summed E-state index contributed by atoms with van der Waals surface area (Å²) in [6.45, 7) is 7.68. The van der Waals surface area contributed by atoms with Crippen LogP contribution in [0.25, 0.3) is 0 Å². The predicted octanol–water partition coefficient (Wildman–Crippen LogP) is 1.67. The van der Waals surface area contributed by atoms with E-state index in [1.54, 1.807) is 41.2 Å². The fourth-order valence-corrected chi connectivity index (χ4v) is 5.15. The average molecular weight is 622 g/mol. The van der Waals surface area contributed by atoms with Gasteiger partial charge >= 0.3 is 16.1 Å². The van der Waals surface area contributed by atoms with Crippen LogP contribution < -0.4 is 0 Å². The van der Waals surface area contributed by atoms with Crippen molar-refractivity contribution in [3.05, 3.63) is 42.0 Å². The Morgan fingerprint density at radius 3 is 1.95 bits per heavy atom. The number of fused-ring (bicyclic) bond motifs is 1. The van der Waals surface area contributed by atoms with E-state index < -0.39 is 30.8 Å². The Kier molecular flexibility index (Phi) is 9.99. The van der Waals surface area contributed by atoms with Crippen LogP contribution in [0.15, 0.2) is 40.8 Å². The highest BCUT2D eigenvalue weighted by molar-refractivity contribution is 8.13. The van der Waals surface area contributed by atoms with Crippen LogP contribution in [0.5, 0.6) is 0 Å². The van der Waals surface area contributed by atoms with Gasteiger partial charge in [-0.25, -0.2) is 13.2 Å². The SMILES string of the molecule is COCCn1ccc(S(=O)(=O)Cl)n1.COCCn1ccc(S(=O)(=O)n2cc3c(n2)CN(C(=O)OC(C)(C)C)C3)n1. The van der Waals surface area contributed by atoms with Crippen LogP contribution in [-0.2, 0) is 59.5 Å². The van der Waals surface area contributed by atoms with E-state index in [9.17, 15) is 21.6 Å². The molecule has 0 unspecified atom stereocenters. The number of hydrogen-bond acceptors (Lipinski definition) is 11. The van der Waals surface area contributed by atoms with E-state index in [1.807, 2.05) is 0 Å². The normalized spacial score (nSPS) is 13.6. The fourth-order valence-electron chi connectivity index (χ4n) is 3.37. The standard InChI is InChI=1S/C16H23N5O5S.C6H9ClN2O3S/c1-16(2,3)26-15(22)19-9-12-10-21(17-13(12)11-19)27(23,24)14-5-6-20(18-14)7-8-25-4;1-12-5-4-9-3-2-6(8-9)13(7,10)11/h5-6,10H,7-9,11H2,1-4H3;2-3H,4-5H2,1H3. The highest BCUT2D eigenvalue weighted by Gasteiger charge is 2.32. The molecule has 3 aromatic heterocycles. The third-order valence-corrected chi connectivity index (χ3v) is 7.87. The highest BCUT2D eigenvalue weighted by atomic mass is 35.7. The summed E-state index contributed by atoms with van der Waals surface area (Å²) in [5, 5.41) is 11.7. The van der Waals surface area contributed by atoms with Gasteiger partial charge in [0, 0.05) is 49.1 Å². The molecular weight excluding hydrogens is 590 g/mol. The second kappa shape index (κ2) is 12.7. The van der Waals surface area contributed by atoms with E-state index >= 15 is 0 Å². The molecule has 1 aliphatic heterocycles. The molecule has 0 spiro atoms. The van der Waals surface area contributed by atoms with Crippen molar-refractivity contribution in [3.8, 4) is 0 Å². The monoisotopic (exact) mass is 621 g/mol. The zero-order chi connectivity index (χ0) is 29.7. The van der Waals surface area contributed by atoms with Gasteiger partial charge in [0.2, 0.25) is 0 Å². The van der Waals surface area contributed by atoms with Crippen molar-refractivity contribution in [2.24, 2.45) is 0 Å². The van der Waals surface area contributed by atoms with Gasteiger partial charge in [0.25, 0.3) is 9.05 Å². The molecule has 4 heterocycles. The molecule has 40 heavy (non-hydrogen) atoms. The van der Waals surface area contributed by atoms with Crippen LogP contribution in [0.4, 0.5) is 4.79 Å². The number of amides is 1. The second-order valence-electron chi connectivity index (χ2n) is 9.57. The minimum absolute atomic E-state index is 0.0937. The van der Waals surface area contributed by atoms with E-state index in [0.29, 0.717) is 37.6 Å². The molecule has 1 amide bonds. The Bertz CT molecular complexity index is 1500. The summed E-state index contributed by atoms with van der Waals surface area (Å²) >= 11 is 0. The summed E-state index contributed by atoms with van der Waals surface area (Å²) < 4.78 is 65.9. The topological polar surface area (TPSA) is 170 Å². The first-order chi connectivity index (χ1) is 18.6. The van der Waals surface area contributed by atoms with Gasteiger partial charge < -0.3 is 14.2 Å². The summed E-state index contributed by atoms with van der Waals surface area (Å²) in [4.78, 5) is 13.6. The Morgan fingerprint density at radius 1 is 0.925 bits per heavy atom. The molecule has 4 rings (SSSR count). The van der Waals surface area contributed by atoms with Crippen molar-refractivity contribution in [1.82, 2.24) is 33.6 Å². The quantitative estimate of drug-likeness (QED) is 0.318. The summed E-state index contributed by atoms with van der Waals surface area (Å²) in [5.74, 6) is 0. The largest absolute Gasteiger partial charge is 0.444 e. The van der Waals surface area contributed by atoms with Crippen molar-refractivity contribution >= 4 is 35.8 Å². The summed E-state index contributed by atoms with van der Waals surface area (Å²) in [6, 6.07) is 2.77. The zero-order valence-electron chi connectivity index (χ0n) is 22.7. The Hall–Kier alpha value is -2.99. The number of carbonyl (C=O) groups is 1. The van der Waals surface area contributed by atoms with Gasteiger partial charge in [-0.1, -0.05) is 0 Å². The number of ether oxygens (including phenoxy) is 3. The molecule has 0 fully saturated rings. The minimum atomic E-state index is -3.89. The maximum Gasteiger partial charge on any atom is 0.410 e. The first-order valence-corrected chi connectivity index (χ1v) is 15.7. The molecule has 3 aromatic rings. The molecule has 0 aromatic carbocycles. The molecule has 0 bridgehead atoms. The molecule has 0 N–H and O–H groups in total. The lowest BCUT2D eigenvalue weighted by atomic mass is 10.2. The number of hydrogen-bond donors (Lipinski definition) is 0. The van der Waals surface area contributed by atoms with Crippen LogP contribution in [0, 0.1) is 0 Å². The van der Waals surface area contributed by atoms with E-state index in [0.717, 1.165) is 4.09 Å². The van der Waals surface area contributed by atoms with Gasteiger partial charge in [-0.15, -0.1) is 0 Å². The van der Waals surface area contributed by atoms with Crippen LogP contribution >= 0.6 is 10.7 Å². The summed E-state index contributed by atoms with van der Waals surface area (Å²) in [7, 11) is 0.595. The third kappa shape index (κ3) is 8.26. The number of nitrogens with zero attached hydrogens (tertiary/aromatic N) is 7. The lowest BCUT2D eigenvalue weighted by molar-refractivity contribution is 0.0239. The van der Waals surface area contributed by atoms with E-state index in [2.05, 4.69) is 15.3 Å². The first-order valence-electron chi connectivity index (χ1n) is 11.9. The van der Waals surface area contributed by atoms with Crippen LogP contribution in [0.1, 0.15) is 32.0 Å². The lowest BCUT2D eigenvalue weighted by Crippen LogP contribution is -2.33. The first kappa shape index (κ1) is 31.5. The van der Waals surface area contributed by atoms with Crippen molar-refractivity contribution in [2.45, 2.75) is 62.6 Å². The maximum atomic E-state index is 12.7. The molecule has 0 aliphatic carbocycles.